The molecular weight excluding hydrogens is 278 g/mol. The van der Waals surface area contributed by atoms with E-state index in [1.165, 1.54) is 5.56 Å². The molecule has 1 aromatic carbocycles. The Morgan fingerprint density at radius 1 is 1.23 bits per heavy atom. The third kappa shape index (κ3) is 3.89. The van der Waals surface area contributed by atoms with Crippen molar-refractivity contribution < 1.29 is 14.3 Å². The van der Waals surface area contributed by atoms with Crippen molar-refractivity contribution in [2.24, 2.45) is 5.41 Å². The SMILES string of the molecule is Cc1cc2cc(C(=O)NCCCC(C)(C)CO)oc2cc1C. The molecule has 22 heavy (non-hydrogen) atoms. The summed E-state index contributed by atoms with van der Waals surface area (Å²) in [6.45, 7) is 8.84. The van der Waals surface area contributed by atoms with Gasteiger partial charge >= 0.3 is 0 Å². The molecule has 2 aromatic rings. The summed E-state index contributed by atoms with van der Waals surface area (Å²) in [4.78, 5) is 12.1. The number of aryl methyl sites for hydroxylation is 2. The van der Waals surface area contributed by atoms with Crippen molar-refractivity contribution in [1.82, 2.24) is 5.32 Å². The highest BCUT2D eigenvalue weighted by Crippen LogP contribution is 2.23. The molecule has 0 saturated carbocycles. The van der Waals surface area contributed by atoms with Crippen molar-refractivity contribution in [1.29, 1.82) is 0 Å². The molecule has 0 bridgehead atoms. The van der Waals surface area contributed by atoms with Crippen LogP contribution in [0.1, 0.15) is 48.4 Å². The predicted molar refractivity (Wildman–Crippen MR) is 88.1 cm³/mol. The Morgan fingerprint density at radius 3 is 2.59 bits per heavy atom. The van der Waals surface area contributed by atoms with Crippen molar-refractivity contribution in [3.05, 3.63) is 35.1 Å². The molecule has 1 amide bonds. The quantitative estimate of drug-likeness (QED) is 0.802. The van der Waals surface area contributed by atoms with Gasteiger partial charge in [0.1, 0.15) is 5.58 Å². The lowest BCUT2D eigenvalue weighted by molar-refractivity contribution is 0.0923. The fourth-order valence-electron chi connectivity index (χ4n) is 2.35. The number of amides is 1. The molecule has 1 aromatic heterocycles. The van der Waals surface area contributed by atoms with Crippen LogP contribution in [-0.2, 0) is 0 Å². The maximum atomic E-state index is 12.1. The number of hydrogen-bond donors (Lipinski definition) is 2. The van der Waals surface area contributed by atoms with E-state index in [0.29, 0.717) is 12.3 Å². The smallest absolute Gasteiger partial charge is 0.287 e. The van der Waals surface area contributed by atoms with Crippen LogP contribution in [-0.4, -0.2) is 24.2 Å². The van der Waals surface area contributed by atoms with Gasteiger partial charge in [0.05, 0.1) is 0 Å². The van der Waals surface area contributed by atoms with Gasteiger partial charge in [-0.1, -0.05) is 13.8 Å². The largest absolute Gasteiger partial charge is 0.451 e. The van der Waals surface area contributed by atoms with Crippen molar-refractivity contribution in [2.75, 3.05) is 13.2 Å². The molecule has 1 heterocycles. The zero-order valence-corrected chi connectivity index (χ0v) is 13.8. The maximum absolute atomic E-state index is 12.1. The lowest BCUT2D eigenvalue weighted by atomic mass is 9.89. The van der Waals surface area contributed by atoms with Crippen LogP contribution in [0.5, 0.6) is 0 Å². The number of carbonyl (C=O) groups excluding carboxylic acids is 1. The number of furan rings is 1. The predicted octanol–water partition coefficient (Wildman–Crippen LogP) is 3.58. The van der Waals surface area contributed by atoms with Crippen molar-refractivity contribution in [2.45, 2.75) is 40.5 Å². The van der Waals surface area contributed by atoms with Gasteiger partial charge in [0, 0.05) is 18.5 Å². The Balaban J connectivity index is 1.96. The summed E-state index contributed by atoms with van der Waals surface area (Å²) in [7, 11) is 0. The van der Waals surface area contributed by atoms with Gasteiger partial charge < -0.3 is 14.8 Å². The monoisotopic (exact) mass is 303 g/mol. The van der Waals surface area contributed by atoms with Gasteiger partial charge in [-0.15, -0.1) is 0 Å². The first kappa shape index (κ1) is 16.6. The summed E-state index contributed by atoms with van der Waals surface area (Å²) in [5, 5.41) is 13.0. The van der Waals surface area contributed by atoms with Gasteiger partial charge in [-0.2, -0.15) is 0 Å². The average molecular weight is 303 g/mol. The van der Waals surface area contributed by atoms with E-state index in [1.54, 1.807) is 6.07 Å². The highest BCUT2D eigenvalue weighted by atomic mass is 16.3. The highest BCUT2D eigenvalue weighted by molar-refractivity contribution is 5.96. The zero-order valence-electron chi connectivity index (χ0n) is 13.8. The number of rotatable bonds is 6. The van der Waals surface area contributed by atoms with E-state index in [9.17, 15) is 9.90 Å². The summed E-state index contributed by atoms with van der Waals surface area (Å²) in [5.74, 6) is 0.162. The molecule has 120 valence electrons. The van der Waals surface area contributed by atoms with Gasteiger partial charge in [-0.3, -0.25) is 4.79 Å². The molecule has 0 atom stereocenters. The molecule has 0 saturated heterocycles. The summed E-state index contributed by atoms with van der Waals surface area (Å²) in [6, 6.07) is 5.79. The lowest BCUT2D eigenvalue weighted by Gasteiger charge is -2.21. The molecule has 2 rings (SSSR count). The van der Waals surface area contributed by atoms with Crippen LogP contribution in [0.4, 0.5) is 0 Å². The van der Waals surface area contributed by atoms with E-state index in [4.69, 9.17) is 4.42 Å². The molecule has 0 aliphatic rings. The Labute approximate surface area is 131 Å². The fourth-order valence-corrected chi connectivity index (χ4v) is 2.35. The second-order valence-electron chi connectivity index (χ2n) is 6.77. The van der Waals surface area contributed by atoms with E-state index in [1.807, 2.05) is 39.8 Å². The van der Waals surface area contributed by atoms with E-state index in [-0.39, 0.29) is 17.9 Å². The second kappa shape index (κ2) is 6.53. The Bertz CT molecular complexity index is 631. The Hall–Kier alpha value is -1.81. The number of aliphatic hydroxyl groups excluding tert-OH is 1. The standard InChI is InChI=1S/C18H25NO3/c1-12-8-14-10-16(22-15(14)9-13(12)2)17(21)19-7-5-6-18(3,4)11-20/h8-10,20H,5-7,11H2,1-4H3,(H,19,21). The van der Waals surface area contributed by atoms with E-state index in [2.05, 4.69) is 5.32 Å². The third-order valence-corrected chi connectivity index (χ3v) is 4.10. The minimum atomic E-state index is -0.187. The van der Waals surface area contributed by atoms with Crippen molar-refractivity contribution in [3.8, 4) is 0 Å². The van der Waals surface area contributed by atoms with Gasteiger partial charge in [0.25, 0.3) is 5.91 Å². The molecule has 4 heteroatoms. The van der Waals surface area contributed by atoms with Gasteiger partial charge in [-0.25, -0.2) is 0 Å². The lowest BCUT2D eigenvalue weighted by Crippen LogP contribution is -2.26. The number of aliphatic hydroxyl groups is 1. The first-order valence-electron chi connectivity index (χ1n) is 7.72. The minimum absolute atomic E-state index is 0.0981. The van der Waals surface area contributed by atoms with Crippen LogP contribution in [0, 0.1) is 19.3 Å². The van der Waals surface area contributed by atoms with E-state index >= 15 is 0 Å². The Morgan fingerprint density at radius 2 is 1.91 bits per heavy atom. The van der Waals surface area contributed by atoms with Gasteiger partial charge in [0.15, 0.2) is 5.76 Å². The molecule has 0 unspecified atom stereocenters. The average Bonchev–Trinajstić information content (AvgIpc) is 2.87. The number of hydrogen-bond acceptors (Lipinski definition) is 3. The summed E-state index contributed by atoms with van der Waals surface area (Å²) in [5.41, 5.74) is 2.99. The molecule has 4 nitrogen and oxygen atoms in total. The molecule has 2 N–H and O–H groups in total. The summed E-state index contributed by atoms with van der Waals surface area (Å²) in [6.07, 6.45) is 1.69. The van der Waals surface area contributed by atoms with Crippen LogP contribution in [0.25, 0.3) is 11.0 Å². The van der Waals surface area contributed by atoms with E-state index < -0.39 is 0 Å². The van der Waals surface area contributed by atoms with Crippen LogP contribution >= 0.6 is 0 Å². The molecule has 0 aliphatic heterocycles. The molecular formula is C18H25NO3. The molecule has 0 aliphatic carbocycles. The van der Waals surface area contributed by atoms with Crippen LogP contribution in [0.15, 0.2) is 22.6 Å². The first-order valence-corrected chi connectivity index (χ1v) is 7.72. The molecule has 0 spiro atoms. The summed E-state index contributed by atoms with van der Waals surface area (Å²) < 4.78 is 5.63. The Kier molecular flexibility index (Phi) is 4.91. The molecule has 0 fully saturated rings. The third-order valence-electron chi connectivity index (χ3n) is 4.10. The highest BCUT2D eigenvalue weighted by Gasteiger charge is 2.16. The van der Waals surface area contributed by atoms with E-state index in [0.717, 1.165) is 29.4 Å². The topological polar surface area (TPSA) is 62.5 Å². The fraction of sp³-hybridized carbons (Fsp3) is 0.500. The number of nitrogens with one attached hydrogen (secondary N) is 1. The second-order valence-corrected chi connectivity index (χ2v) is 6.77. The number of fused-ring (bicyclic) bond motifs is 1. The number of benzene rings is 1. The normalized spacial score (nSPS) is 11.9. The van der Waals surface area contributed by atoms with Gasteiger partial charge in [0.2, 0.25) is 0 Å². The maximum Gasteiger partial charge on any atom is 0.287 e. The van der Waals surface area contributed by atoms with Crippen LogP contribution in [0.3, 0.4) is 0 Å². The van der Waals surface area contributed by atoms with Crippen LogP contribution in [0.2, 0.25) is 0 Å². The van der Waals surface area contributed by atoms with Crippen LogP contribution < -0.4 is 5.32 Å². The van der Waals surface area contributed by atoms with Gasteiger partial charge in [-0.05, 0) is 61.4 Å². The van der Waals surface area contributed by atoms with Crippen molar-refractivity contribution in [3.63, 3.8) is 0 Å². The number of carbonyl (C=O) groups is 1. The molecule has 0 radical (unpaired) electrons. The zero-order chi connectivity index (χ0) is 16.3. The van der Waals surface area contributed by atoms with Crippen molar-refractivity contribution >= 4 is 16.9 Å². The summed E-state index contributed by atoms with van der Waals surface area (Å²) >= 11 is 0. The first-order chi connectivity index (χ1) is 10.3. The minimum Gasteiger partial charge on any atom is -0.451 e.